The SMILES string of the molecule is CCOc1cc(/C=C2/SC(=Nc3ccc(F)cc3)N(CC)C2=O)cc(I)c1OCc1ccccc1F. The van der Waals surface area contributed by atoms with Gasteiger partial charge in [-0.1, -0.05) is 18.2 Å². The molecule has 0 N–H and O–H groups in total. The highest BCUT2D eigenvalue weighted by Gasteiger charge is 2.32. The Labute approximate surface area is 226 Å². The summed E-state index contributed by atoms with van der Waals surface area (Å²) >= 11 is 3.40. The molecule has 0 spiro atoms. The molecule has 186 valence electrons. The first-order valence-electron chi connectivity index (χ1n) is 11.3. The van der Waals surface area contributed by atoms with E-state index in [2.05, 4.69) is 27.6 Å². The standard InChI is InChI=1S/C27H23F2IN2O3S/c1-3-32-26(33)24(36-27(32)31-20-11-9-19(28)10-12-20)15-17-13-22(30)25(23(14-17)34-4-2)35-16-18-7-5-6-8-21(18)29/h5-15H,3-4,16H2,1-2H3/b24-15+,31-27?. The molecule has 0 unspecified atom stereocenters. The average Bonchev–Trinajstić information content (AvgIpc) is 3.14. The summed E-state index contributed by atoms with van der Waals surface area (Å²) in [6, 6.07) is 16.0. The van der Waals surface area contributed by atoms with E-state index in [1.807, 2.05) is 19.9 Å². The van der Waals surface area contributed by atoms with Gasteiger partial charge in [0.25, 0.3) is 5.91 Å². The summed E-state index contributed by atoms with van der Waals surface area (Å²) in [5, 5.41) is 0.532. The summed E-state index contributed by atoms with van der Waals surface area (Å²) in [7, 11) is 0. The van der Waals surface area contributed by atoms with Gasteiger partial charge in [0.2, 0.25) is 0 Å². The van der Waals surface area contributed by atoms with Crippen molar-refractivity contribution in [1.82, 2.24) is 4.90 Å². The monoisotopic (exact) mass is 620 g/mol. The molecule has 0 aromatic heterocycles. The van der Waals surface area contributed by atoms with Crippen molar-refractivity contribution >= 4 is 57.2 Å². The lowest BCUT2D eigenvalue weighted by Gasteiger charge is -2.15. The van der Waals surface area contributed by atoms with E-state index >= 15 is 0 Å². The highest BCUT2D eigenvalue weighted by atomic mass is 127. The van der Waals surface area contributed by atoms with Crippen LogP contribution < -0.4 is 9.47 Å². The lowest BCUT2D eigenvalue weighted by Crippen LogP contribution is -2.28. The van der Waals surface area contributed by atoms with E-state index in [1.165, 1.54) is 30.0 Å². The molecule has 0 aliphatic carbocycles. The van der Waals surface area contributed by atoms with Crippen LogP contribution in [0.1, 0.15) is 25.0 Å². The molecule has 4 rings (SSSR count). The third kappa shape index (κ3) is 6.07. The van der Waals surface area contributed by atoms with Crippen LogP contribution in [0.4, 0.5) is 14.5 Å². The third-order valence-electron chi connectivity index (χ3n) is 5.21. The van der Waals surface area contributed by atoms with Gasteiger partial charge in [-0.25, -0.2) is 13.8 Å². The van der Waals surface area contributed by atoms with Crippen molar-refractivity contribution in [2.75, 3.05) is 13.2 Å². The zero-order valence-corrected chi connectivity index (χ0v) is 22.6. The number of hydrogen-bond donors (Lipinski definition) is 0. The fourth-order valence-corrected chi connectivity index (χ4v) is 5.33. The van der Waals surface area contributed by atoms with Gasteiger partial charge in [-0.15, -0.1) is 0 Å². The van der Waals surface area contributed by atoms with Crippen molar-refractivity contribution in [3.63, 3.8) is 0 Å². The van der Waals surface area contributed by atoms with Crippen molar-refractivity contribution in [2.45, 2.75) is 20.5 Å². The summed E-state index contributed by atoms with van der Waals surface area (Å²) in [5.74, 6) is 0.194. The highest BCUT2D eigenvalue weighted by Crippen LogP contribution is 2.38. The number of likely N-dealkylation sites (N-methyl/N-ethyl adjacent to an activating group) is 1. The lowest BCUT2D eigenvalue weighted by molar-refractivity contribution is -0.122. The fourth-order valence-electron chi connectivity index (χ4n) is 3.49. The van der Waals surface area contributed by atoms with Gasteiger partial charge in [-0.3, -0.25) is 9.69 Å². The molecule has 0 saturated carbocycles. The minimum atomic E-state index is -0.344. The maximum absolute atomic E-state index is 14.0. The third-order valence-corrected chi connectivity index (χ3v) is 7.02. The zero-order chi connectivity index (χ0) is 25.7. The van der Waals surface area contributed by atoms with Gasteiger partial charge in [0.05, 0.1) is 20.8 Å². The first-order chi connectivity index (χ1) is 17.4. The largest absolute Gasteiger partial charge is 0.490 e. The second kappa shape index (κ2) is 11.9. The second-order valence-electron chi connectivity index (χ2n) is 7.67. The van der Waals surface area contributed by atoms with Gasteiger partial charge < -0.3 is 9.47 Å². The molecule has 3 aromatic rings. The first-order valence-corrected chi connectivity index (χ1v) is 13.2. The van der Waals surface area contributed by atoms with E-state index in [0.717, 1.165) is 9.13 Å². The lowest BCUT2D eigenvalue weighted by atomic mass is 10.1. The number of aliphatic imine (C=N–C) groups is 1. The number of carbonyl (C=O) groups excluding carboxylic acids is 1. The van der Waals surface area contributed by atoms with E-state index in [4.69, 9.17) is 9.47 Å². The fraction of sp³-hybridized carbons (Fsp3) is 0.185. The van der Waals surface area contributed by atoms with Crippen LogP contribution in [0, 0.1) is 15.2 Å². The van der Waals surface area contributed by atoms with Crippen LogP contribution in [0.25, 0.3) is 6.08 Å². The Balaban J connectivity index is 1.61. The number of thioether (sulfide) groups is 1. The molecule has 1 fully saturated rings. The molecule has 1 aliphatic heterocycles. The molecule has 9 heteroatoms. The van der Waals surface area contributed by atoms with E-state index in [1.54, 1.807) is 47.4 Å². The number of nitrogens with zero attached hydrogens (tertiary/aromatic N) is 2. The molecule has 5 nitrogen and oxygen atoms in total. The van der Waals surface area contributed by atoms with Gasteiger partial charge >= 0.3 is 0 Å². The minimum absolute atomic E-state index is 0.0617. The maximum Gasteiger partial charge on any atom is 0.266 e. The molecular weight excluding hydrogens is 597 g/mol. The summed E-state index contributed by atoms with van der Waals surface area (Å²) in [6.45, 7) is 4.67. The van der Waals surface area contributed by atoms with Crippen LogP contribution >= 0.6 is 34.4 Å². The van der Waals surface area contributed by atoms with E-state index < -0.39 is 0 Å². The number of halogens is 3. The van der Waals surface area contributed by atoms with Crippen LogP contribution in [0.2, 0.25) is 0 Å². The number of ether oxygens (including phenoxy) is 2. The topological polar surface area (TPSA) is 51.1 Å². The molecular formula is C27H23F2IN2O3S. The Bertz CT molecular complexity index is 1330. The molecule has 1 saturated heterocycles. The normalized spacial score (nSPS) is 15.7. The molecule has 0 radical (unpaired) electrons. The molecule has 1 aliphatic rings. The van der Waals surface area contributed by atoms with Gasteiger partial charge in [-0.05, 0) is 102 Å². The number of hydrogen-bond acceptors (Lipinski definition) is 5. The van der Waals surface area contributed by atoms with Crippen molar-refractivity contribution in [3.05, 3.63) is 91.9 Å². The van der Waals surface area contributed by atoms with Gasteiger partial charge in [-0.2, -0.15) is 0 Å². The molecule has 0 bridgehead atoms. The van der Waals surface area contributed by atoms with Gasteiger partial charge in [0.15, 0.2) is 16.7 Å². The van der Waals surface area contributed by atoms with E-state index in [9.17, 15) is 13.6 Å². The van der Waals surface area contributed by atoms with Crippen LogP contribution in [0.5, 0.6) is 11.5 Å². The Hall–Kier alpha value is -2.92. The molecule has 36 heavy (non-hydrogen) atoms. The van der Waals surface area contributed by atoms with Crippen LogP contribution in [0.3, 0.4) is 0 Å². The Morgan fingerprint density at radius 1 is 1.06 bits per heavy atom. The molecule has 1 amide bonds. The van der Waals surface area contributed by atoms with E-state index in [0.29, 0.717) is 46.0 Å². The van der Waals surface area contributed by atoms with Gasteiger partial charge in [0, 0.05) is 12.1 Å². The number of carbonyl (C=O) groups is 1. The number of benzene rings is 3. The molecule has 1 heterocycles. The van der Waals surface area contributed by atoms with Crippen molar-refractivity contribution in [3.8, 4) is 11.5 Å². The highest BCUT2D eigenvalue weighted by molar-refractivity contribution is 14.1. The summed E-state index contributed by atoms with van der Waals surface area (Å²) in [4.78, 5) is 19.7. The van der Waals surface area contributed by atoms with Crippen LogP contribution in [0.15, 0.2) is 70.6 Å². The Morgan fingerprint density at radius 3 is 2.50 bits per heavy atom. The number of amides is 1. The van der Waals surface area contributed by atoms with Crippen molar-refractivity contribution in [2.24, 2.45) is 4.99 Å². The van der Waals surface area contributed by atoms with E-state index in [-0.39, 0.29) is 24.1 Å². The number of amidine groups is 1. The van der Waals surface area contributed by atoms with Crippen molar-refractivity contribution < 1.29 is 23.0 Å². The minimum Gasteiger partial charge on any atom is -0.490 e. The molecule has 3 aromatic carbocycles. The second-order valence-corrected chi connectivity index (χ2v) is 9.85. The quantitative estimate of drug-likeness (QED) is 0.198. The average molecular weight is 620 g/mol. The summed E-state index contributed by atoms with van der Waals surface area (Å²) in [6.07, 6.45) is 1.79. The predicted octanol–water partition coefficient (Wildman–Crippen LogP) is 7.17. The van der Waals surface area contributed by atoms with Crippen molar-refractivity contribution in [1.29, 1.82) is 0 Å². The van der Waals surface area contributed by atoms with Crippen LogP contribution in [-0.2, 0) is 11.4 Å². The smallest absolute Gasteiger partial charge is 0.266 e. The van der Waals surface area contributed by atoms with Crippen LogP contribution in [-0.4, -0.2) is 29.1 Å². The Kier molecular flexibility index (Phi) is 8.63. The number of rotatable bonds is 8. The zero-order valence-electron chi connectivity index (χ0n) is 19.6. The Morgan fingerprint density at radius 2 is 1.81 bits per heavy atom. The van der Waals surface area contributed by atoms with Gasteiger partial charge in [0.1, 0.15) is 18.2 Å². The summed E-state index contributed by atoms with van der Waals surface area (Å²) < 4.78 is 39.8. The maximum atomic E-state index is 14.0. The summed E-state index contributed by atoms with van der Waals surface area (Å²) in [5.41, 5.74) is 1.77. The molecule has 0 atom stereocenters. The predicted molar refractivity (Wildman–Crippen MR) is 148 cm³/mol. The first kappa shape index (κ1) is 26.2.